The van der Waals surface area contributed by atoms with Crippen molar-refractivity contribution in [2.75, 3.05) is 11.1 Å². The number of ketones is 1. The molecule has 1 saturated carbocycles. The van der Waals surface area contributed by atoms with Gasteiger partial charge in [-0.3, -0.25) is 9.59 Å². The lowest BCUT2D eigenvalue weighted by Crippen LogP contribution is -2.18. The van der Waals surface area contributed by atoms with Gasteiger partial charge in [-0.05, 0) is 54.4 Å². The first-order valence-corrected chi connectivity index (χ1v) is 12.9. The molecule has 4 nitrogen and oxygen atoms in total. The summed E-state index contributed by atoms with van der Waals surface area (Å²) in [4.78, 5) is 26.1. The number of halogens is 8. The third-order valence-electron chi connectivity index (χ3n) is 6.08. The fourth-order valence-corrected chi connectivity index (χ4v) is 5.78. The number of carbonyl (C=O) groups is 2. The standard InChI is InChI=1S/C25H16Cl6F2N2O2/c1-9-4-11(7-13(21(9)28)18(36)8-12-16(32)2-3-17(34)23(12)33)35-24(37)20-19(25(20,30)31)10-5-14(26)22(29)15(27)6-10/h2-7,19-20H,8,34H2,1H3,(H,35,37)/t19-,20+/m0/s1. The van der Waals surface area contributed by atoms with Gasteiger partial charge in [-0.1, -0.05) is 46.4 Å². The molecule has 0 unspecified atom stereocenters. The Kier molecular flexibility index (Phi) is 7.93. The summed E-state index contributed by atoms with van der Waals surface area (Å²) in [7, 11) is 0. The van der Waals surface area contributed by atoms with Gasteiger partial charge < -0.3 is 11.1 Å². The molecule has 4 rings (SSSR count). The van der Waals surface area contributed by atoms with E-state index < -0.39 is 51.5 Å². The minimum atomic E-state index is -1.45. The molecule has 1 amide bonds. The zero-order chi connectivity index (χ0) is 27.4. The van der Waals surface area contributed by atoms with Crippen LogP contribution in [0.4, 0.5) is 20.2 Å². The molecule has 3 N–H and O–H groups in total. The number of amides is 1. The zero-order valence-electron chi connectivity index (χ0n) is 18.7. The first kappa shape index (κ1) is 28.2. The van der Waals surface area contributed by atoms with E-state index in [9.17, 15) is 18.4 Å². The van der Waals surface area contributed by atoms with Gasteiger partial charge >= 0.3 is 0 Å². The smallest absolute Gasteiger partial charge is 0.231 e. The molecule has 2 atom stereocenters. The maximum absolute atomic E-state index is 14.3. The lowest BCUT2D eigenvalue weighted by Gasteiger charge is -2.13. The lowest BCUT2D eigenvalue weighted by atomic mass is 9.99. The number of benzene rings is 3. The van der Waals surface area contributed by atoms with Gasteiger partial charge in [0.1, 0.15) is 10.2 Å². The maximum Gasteiger partial charge on any atom is 0.231 e. The molecule has 0 bridgehead atoms. The molecule has 194 valence electrons. The number of rotatable bonds is 6. The van der Waals surface area contributed by atoms with Crippen molar-refractivity contribution in [3.05, 3.63) is 90.4 Å². The van der Waals surface area contributed by atoms with Crippen LogP contribution < -0.4 is 11.1 Å². The number of nitrogens with one attached hydrogen (secondary N) is 1. The number of aryl methyl sites for hydroxylation is 1. The van der Waals surface area contributed by atoms with Crippen molar-refractivity contribution < 1.29 is 18.4 Å². The fraction of sp³-hybridized carbons (Fsp3) is 0.200. The van der Waals surface area contributed by atoms with Gasteiger partial charge in [0, 0.05) is 29.2 Å². The number of anilines is 2. The number of carbonyl (C=O) groups excluding carboxylic acids is 2. The van der Waals surface area contributed by atoms with Crippen molar-refractivity contribution in [2.24, 2.45) is 5.92 Å². The van der Waals surface area contributed by atoms with Crippen LogP contribution in [0.3, 0.4) is 0 Å². The van der Waals surface area contributed by atoms with Crippen LogP contribution in [0, 0.1) is 24.5 Å². The molecule has 12 heteroatoms. The van der Waals surface area contributed by atoms with Crippen LogP contribution in [0.25, 0.3) is 0 Å². The third kappa shape index (κ3) is 5.38. The summed E-state index contributed by atoms with van der Waals surface area (Å²) < 4.78 is 27.0. The minimum Gasteiger partial charge on any atom is -0.396 e. The van der Waals surface area contributed by atoms with Gasteiger partial charge in [0.15, 0.2) is 11.6 Å². The van der Waals surface area contributed by atoms with Crippen LogP contribution in [0.2, 0.25) is 20.1 Å². The molecule has 3 aromatic rings. The minimum absolute atomic E-state index is 0.0372. The Morgan fingerprint density at radius 2 is 1.62 bits per heavy atom. The van der Waals surface area contributed by atoms with Gasteiger partial charge in [0.2, 0.25) is 5.91 Å². The highest BCUT2D eigenvalue weighted by Gasteiger charge is 2.67. The van der Waals surface area contributed by atoms with Crippen LogP contribution in [-0.4, -0.2) is 16.0 Å². The number of Topliss-reactive ketones (excluding diaryl/α,β-unsaturated/α-hetero) is 1. The van der Waals surface area contributed by atoms with Crippen LogP contribution in [-0.2, 0) is 11.2 Å². The van der Waals surface area contributed by atoms with Gasteiger partial charge in [-0.2, -0.15) is 0 Å². The highest BCUT2D eigenvalue weighted by Crippen LogP contribution is 2.65. The van der Waals surface area contributed by atoms with E-state index in [1.165, 1.54) is 24.3 Å². The Labute approximate surface area is 240 Å². The second kappa shape index (κ2) is 10.4. The Morgan fingerprint density at radius 1 is 1.00 bits per heavy atom. The van der Waals surface area contributed by atoms with Gasteiger partial charge in [0.05, 0.1) is 31.7 Å². The molecule has 0 radical (unpaired) electrons. The van der Waals surface area contributed by atoms with Gasteiger partial charge in [-0.25, -0.2) is 8.78 Å². The number of nitrogens with two attached hydrogens (primary N) is 1. The molecule has 0 aromatic heterocycles. The summed E-state index contributed by atoms with van der Waals surface area (Å²) in [6, 6.07) is 7.96. The largest absolute Gasteiger partial charge is 0.396 e. The second-order valence-electron chi connectivity index (χ2n) is 8.60. The Balaban J connectivity index is 1.58. The molecule has 1 aliphatic rings. The summed E-state index contributed by atoms with van der Waals surface area (Å²) >= 11 is 37.4. The van der Waals surface area contributed by atoms with Crippen LogP contribution >= 0.6 is 69.6 Å². The molecular formula is C25H16Cl6F2N2O2. The topological polar surface area (TPSA) is 72.2 Å². The van der Waals surface area contributed by atoms with E-state index in [1.54, 1.807) is 6.92 Å². The van der Waals surface area contributed by atoms with Crippen LogP contribution in [0.15, 0.2) is 36.4 Å². The van der Waals surface area contributed by atoms with Crippen molar-refractivity contribution in [3.8, 4) is 0 Å². The monoisotopic (exact) mass is 624 g/mol. The molecule has 0 aliphatic heterocycles. The Hall–Kier alpha value is -1.80. The van der Waals surface area contributed by atoms with E-state index in [-0.39, 0.29) is 37.0 Å². The molecule has 0 spiro atoms. The summed E-state index contributed by atoms with van der Waals surface area (Å²) in [6.45, 7) is 1.61. The van der Waals surface area contributed by atoms with Crippen LogP contribution in [0.5, 0.6) is 0 Å². The van der Waals surface area contributed by atoms with E-state index in [0.29, 0.717) is 11.1 Å². The van der Waals surface area contributed by atoms with E-state index in [2.05, 4.69) is 5.32 Å². The molecule has 1 fully saturated rings. The lowest BCUT2D eigenvalue weighted by molar-refractivity contribution is -0.117. The van der Waals surface area contributed by atoms with Crippen molar-refractivity contribution in [3.63, 3.8) is 0 Å². The highest BCUT2D eigenvalue weighted by atomic mass is 35.5. The highest BCUT2D eigenvalue weighted by molar-refractivity contribution is 6.54. The van der Waals surface area contributed by atoms with Crippen molar-refractivity contribution in [1.29, 1.82) is 0 Å². The van der Waals surface area contributed by atoms with Gasteiger partial charge in [-0.15, -0.1) is 23.2 Å². The van der Waals surface area contributed by atoms with E-state index in [1.807, 2.05) is 0 Å². The summed E-state index contributed by atoms with van der Waals surface area (Å²) in [5, 5.41) is 3.29. The van der Waals surface area contributed by atoms with Crippen LogP contribution in [0.1, 0.15) is 33.0 Å². The normalized spacial score (nSPS) is 18.0. The first-order valence-electron chi connectivity index (χ1n) is 10.6. The third-order valence-corrected chi connectivity index (χ3v) is 8.72. The Bertz CT molecular complexity index is 1440. The molecule has 0 saturated heterocycles. The number of hydrogen-bond acceptors (Lipinski definition) is 3. The molecule has 37 heavy (non-hydrogen) atoms. The quantitative estimate of drug-likeness (QED) is 0.125. The number of nitrogen functional groups attached to an aromatic ring is 1. The molecule has 1 aliphatic carbocycles. The first-order chi connectivity index (χ1) is 17.2. The van der Waals surface area contributed by atoms with E-state index >= 15 is 0 Å². The predicted molar refractivity (Wildman–Crippen MR) is 146 cm³/mol. The molecule has 0 heterocycles. The number of alkyl halides is 2. The SMILES string of the molecule is Cc1cc(NC(=O)[C@H]2[C@H](c3cc(Cl)c(Cl)c(Cl)c3)C2(Cl)Cl)cc(C(=O)Cc2c(F)ccc(N)c2F)c1Cl. The zero-order valence-corrected chi connectivity index (χ0v) is 23.3. The summed E-state index contributed by atoms with van der Waals surface area (Å²) in [5.74, 6) is -4.66. The Morgan fingerprint density at radius 3 is 2.24 bits per heavy atom. The van der Waals surface area contributed by atoms with E-state index in [4.69, 9.17) is 75.3 Å². The molecular weight excluding hydrogens is 611 g/mol. The average Bonchev–Trinajstić information content (AvgIpc) is 3.41. The predicted octanol–water partition coefficient (Wildman–Crippen LogP) is 8.42. The van der Waals surface area contributed by atoms with Gasteiger partial charge in [0.25, 0.3) is 0 Å². The van der Waals surface area contributed by atoms with Crippen molar-refractivity contribution >= 4 is 92.7 Å². The molecule has 3 aromatic carbocycles. The van der Waals surface area contributed by atoms with E-state index in [0.717, 1.165) is 12.1 Å². The summed E-state index contributed by atoms with van der Waals surface area (Å²) in [5.41, 5.74) is 5.88. The maximum atomic E-state index is 14.3. The average molecular weight is 627 g/mol. The number of hydrogen-bond donors (Lipinski definition) is 2. The van der Waals surface area contributed by atoms with Crippen molar-refractivity contribution in [1.82, 2.24) is 0 Å². The van der Waals surface area contributed by atoms with Crippen molar-refractivity contribution in [2.45, 2.75) is 23.6 Å². The summed E-state index contributed by atoms with van der Waals surface area (Å²) in [6.07, 6.45) is -0.630. The second-order valence-corrected chi connectivity index (χ2v) is 11.6. The fourth-order valence-electron chi connectivity index (χ4n) is 4.12.